The molecule has 0 radical (unpaired) electrons. The maximum atomic E-state index is 6.63. The number of hydrogen-bond donors (Lipinski definition) is 0. The van der Waals surface area contributed by atoms with E-state index in [0.717, 1.165) is 33.1 Å². The molecular formula is C52H30O. The maximum Gasteiger partial charge on any atom is 0.136 e. The van der Waals surface area contributed by atoms with E-state index in [4.69, 9.17) is 4.42 Å². The highest BCUT2D eigenvalue weighted by atomic mass is 16.3. The Morgan fingerprint density at radius 2 is 0.792 bits per heavy atom. The average Bonchev–Trinajstić information content (AvgIpc) is 3.76. The fourth-order valence-corrected chi connectivity index (χ4v) is 9.07. The van der Waals surface area contributed by atoms with Gasteiger partial charge in [-0.1, -0.05) is 140 Å². The Bertz CT molecular complexity index is 3310. The zero-order valence-corrected chi connectivity index (χ0v) is 28.7. The van der Waals surface area contributed by atoms with Gasteiger partial charge in [0.05, 0.1) is 0 Å². The summed E-state index contributed by atoms with van der Waals surface area (Å²) in [4.78, 5) is 0. The molecule has 0 bridgehead atoms. The van der Waals surface area contributed by atoms with Crippen LogP contribution in [0.5, 0.6) is 0 Å². The van der Waals surface area contributed by atoms with Crippen LogP contribution in [0.3, 0.4) is 0 Å². The molecule has 0 unspecified atom stereocenters. The fraction of sp³-hybridized carbons (Fsp3) is 0. The number of benzene rings is 10. The van der Waals surface area contributed by atoms with E-state index in [9.17, 15) is 0 Å². The SMILES string of the molecule is c1ccc2c(c1)-c1cccc3c(-c4ccc5ccc(-c6ccc7c(c6)oc6cc(-c8cc9ccccc9c9ccccc89)ccc67)cc5c4)ccc-2c13. The van der Waals surface area contributed by atoms with E-state index in [2.05, 4.69) is 182 Å². The van der Waals surface area contributed by atoms with E-state index in [-0.39, 0.29) is 0 Å². The summed E-state index contributed by atoms with van der Waals surface area (Å²) in [6, 6.07) is 66.8. The molecule has 1 heterocycles. The monoisotopic (exact) mass is 670 g/mol. The Morgan fingerprint density at radius 3 is 1.62 bits per heavy atom. The molecule has 0 saturated carbocycles. The molecular weight excluding hydrogens is 641 g/mol. The first-order valence-electron chi connectivity index (χ1n) is 18.3. The van der Waals surface area contributed by atoms with E-state index < -0.39 is 0 Å². The zero-order valence-electron chi connectivity index (χ0n) is 28.7. The van der Waals surface area contributed by atoms with Crippen LogP contribution in [0.1, 0.15) is 0 Å². The van der Waals surface area contributed by atoms with E-state index in [1.165, 1.54) is 87.6 Å². The summed E-state index contributed by atoms with van der Waals surface area (Å²) in [6.45, 7) is 0. The third-order valence-corrected chi connectivity index (χ3v) is 11.6. The van der Waals surface area contributed by atoms with Crippen LogP contribution in [0.25, 0.3) is 121 Å². The van der Waals surface area contributed by atoms with Crippen LogP contribution >= 0.6 is 0 Å². The van der Waals surface area contributed by atoms with Crippen molar-refractivity contribution in [1.82, 2.24) is 0 Å². The van der Waals surface area contributed by atoms with Crippen molar-refractivity contribution in [3.8, 4) is 55.6 Å². The van der Waals surface area contributed by atoms with E-state index in [1.807, 2.05) is 0 Å². The second-order valence-corrected chi connectivity index (χ2v) is 14.4. The Labute approximate surface area is 306 Å². The molecule has 0 atom stereocenters. The summed E-state index contributed by atoms with van der Waals surface area (Å²) in [7, 11) is 0. The summed E-state index contributed by atoms with van der Waals surface area (Å²) in [5.41, 5.74) is 14.3. The minimum atomic E-state index is 0.903. The first-order chi connectivity index (χ1) is 26.2. The van der Waals surface area contributed by atoms with Crippen LogP contribution in [0.4, 0.5) is 0 Å². The molecule has 0 fully saturated rings. The minimum absolute atomic E-state index is 0.903. The van der Waals surface area contributed by atoms with Crippen molar-refractivity contribution in [1.29, 1.82) is 0 Å². The van der Waals surface area contributed by atoms with Crippen molar-refractivity contribution in [2.24, 2.45) is 0 Å². The van der Waals surface area contributed by atoms with Gasteiger partial charge in [0.1, 0.15) is 11.2 Å². The first-order valence-corrected chi connectivity index (χ1v) is 18.3. The molecule has 53 heavy (non-hydrogen) atoms. The number of fused-ring (bicyclic) bond motifs is 10. The Balaban J connectivity index is 0.942. The van der Waals surface area contributed by atoms with Crippen molar-refractivity contribution in [2.45, 2.75) is 0 Å². The quantitative estimate of drug-likeness (QED) is 0.171. The molecule has 0 saturated heterocycles. The topological polar surface area (TPSA) is 13.1 Å². The molecule has 1 aliphatic carbocycles. The van der Waals surface area contributed by atoms with Crippen molar-refractivity contribution in [2.75, 3.05) is 0 Å². The number of rotatable bonds is 3. The van der Waals surface area contributed by atoms with E-state index in [0.29, 0.717) is 0 Å². The highest BCUT2D eigenvalue weighted by Crippen LogP contribution is 2.49. The molecule has 0 spiro atoms. The zero-order chi connectivity index (χ0) is 34.6. The smallest absolute Gasteiger partial charge is 0.136 e. The van der Waals surface area contributed by atoms with Gasteiger partial charge in [-0.15, -0.1) is 0 Å². The van der Waals surface area contributed by atoms with Gasteiger partial charge in [-0.25, -0.2) is 0 Å². The second-order valence-electron chi connectivity index (χ2n) is 14.4. The van der Waals surface area contributed by atoms with Crippen LogP contribution in [0.15, 0.2) is 186 Å². The summed E-state index contributed by atoms with van der Waals surface area (Å²) in [5, 5.41) is 12.4. The van der Waals surface area contributed by atoms with Gasteiger partial charge in [0.25, 0.3) is 0 Å². The van der Waals surface area contributed by atoms with Crippen LogP contribution < -0.4 is 0 Å². The van der Waals surface area contributed by atoms with Gasteiger partial charge in [-0.05, 0) is 141 Å². The van der Waals surface area contributed by atoms with E-state index >= 15 is 0 Å². The van der Waals surface area contributed by atoms with Gasteiger partial charge in [-0.3, -0.25) is 0 Å². The standard InChI is InChI=1S/C52H30O/c1-2-9-38-34(8-1)28-49(43-13-6-3-10-40(38)43)36-21-23-45-44-22-20-33(29-50(44)53-51(45)30-36)32-18-16-31-17-19-35(27-37(31)26-32)39-24-25-48-42-12-5-4-11-41(42)47-15-7-14-46(39)52(47)48/h1-30H. The van der Waals surface area contributed by atoms with Gasteiger partial charge in [0.2, 0.25) is 0 Å². The van der Waals surface area contributed by atoms with Crippen molar-refractivity contribution < 1.29 is 4.42 Å². The highest BCUT2D eigenvalue weighted by Gasteiger charge is 2.22. The van der Waals surface area contributed by atoms with Crippen molar-refractivity contribution in [3.05, 3.63) is 182 Å². The molecule has 1 nitrogen and oxygen atoms in total. The lowest BCUT2D eigenvalue weighted by atomic mass is 9.92. The molecule has 0 aliphatic heterocycles. The fourth-order valence-electron chi connectivity index (χ4n) is 9.07. The number of furan rings is 1. The van der Waals surface area contributed by atoms with Gasteiger partial charge in [0, 0.05) is 10.8 Å². The van der Waals surface area contributed by atoms with Gasteiger partial charge < -0.3 is 4.42 Å². The summed E-state index contributed by atoms with van der Waals surface area (Å²) in [5.74, 6) is 0. The molecule has 0 amide bonds. The lowest BCUT2D eigenvalue weighted by Crippen LogP contribution is -1.85. The third-order valence-electron chi connectivity index (χ3n) is 11.6. The molecule has 10 aromatic carbocycles. The predicted molar refractivity (Wildman–Crippen MR) is 224 cm³/mol. The summed E-state index contributed by atoms with van der Waals surface area (Å²) in [6.07, 6.45) is 0. The largest absolute Gasteiger partial charge is 0.456 e. The predicted octanol–water partition coefficient (Wildman–Crippen LogP) is 14.8. The Hall–Kier alpha value is -6.96. The summed E-state index contributed by atoms with van der Waals surface area (Å²) >= 11 is 0. The first kappa shape index (κ1) is 28.7. The highest BCUT2D eigenvalue weighted by molar-refractivity contribution is 6.19. The lowest BCUT2D eigenvalue weighted by Gasteiger charge is -2.11. The maximum absolute atomic E-state index is 6.63. The lowest BCUT2D eigenvalue weighted by molar-refractivity contribution is 0.669. The van der Waals surface area contributed by atoms with Crippen LogP contribution in [0, 0.1) is 0 Å². The van der Waals surface area contributed by atoms with Gasteiger partial charge in [-0.2, -0.15) is 0 Å². The molecule has 244 valence electrons. The van der Waals surface area contributed by atoms with Crippen molar-refractivity contribution in [3.63, 3.8) is 0 Å². The molecule has 1 heteroatoms. The van der Waals surface area contributed by atoms with Crippen LogP contribution in [0.2, 0.25) is 0 Å². The Kier molecular flexibility index (Phi) is 5.84. The minimum Gasteiger partial charge on any atom is -0.456 e. The van der Waals surface area contributed by atoms with Gasteiger partial charge >= 0.3 is 0 Å². The number of hydrogen-bond acceptors (Lipinski definition) is 1. The Morgan fingerprint density at radius 1 is 0.245 bits per heavy atom. The van der Waals surface area contributed by atoms with Gasteiger partial charge in [0.15, 0.2) is 0 Å². The van der Waals surface area contributed by atoms with E-state index in [1.54, 1.807) is 0 Å². The summed E-state index contributed by atoms with van der Waals surface area (Å²) < 4.78 is 6.63. The molecule has 0 N–H and O–H groups in total. The van der Waals surface area contributed by atoms with Crippen LogP contribution in [-0.4, -0.2) is 0 Å². The molecule has 12 rings (SSSR count). The molecule has 11 aromatic rings. The van der Waals surface area contributed by atoms with Crippen molar-refractivity contribution >= 4 is 65.0 Å². The molecule has 1 aromatic heterocycles. The second kappa shape index (κ2) is 10.8. The third kappa shape index (κ3) is 4.19. The average molecular weight is 671 g/mol. The van der Waals surface area contributed by atoms with Crippen LogP contribution in [-0.2, 0) is 0 Å². The molecule has 1 aliphatic rings. The normalized spacial score (nSPS) is 12.2.